The molecule has 41 valence electrons. The van der Waals surface area contributed by atoms with Crippen LogP contribution in [0.2, 0.25) is 0 Å². The van der Waals surface area contributed by atoms with Gasteiger partial charge >= 0.3 is 0 Å². The van der Waals surface area contributed by atoms with Crippen LogP contribution in [-0.4, -0.2) is 10.5 Å². The van der Waals surface area contributed by atoms with Crippen LogP contribution in [0.3, 0.4) is 0 Å². The molecule has 5 heavy (non-hydrogen) atoms. The number of hydrogen-bond acceptors (Lipinski definition) is 3. The van der Waals surface area contributed by atoms with Crippen LogP contribution in [0.5, 0.6) is 0 Å². The van der Waals surface area contributed by atoms with Crippen LogP contribution in [0.4, 0.5) is 0 Å². The second-order valence-electron chi connectivity index (χ2n) is 0.0816. The average Bonchev–Trinajstić information content (AvgIpc) is 0.918. The Bertz CT molecular complexity index is 6.85. The summed E-state index contributed by atoms with van der Waals surface area (Å²) in [6.07, 6.45) is 0. The summed E-state index contributed by atoms with van der Waals surface area (Å²) in [5, 5.41) is 15.5. The van der Waals surface area contributed by atoms with Crippen molar-refractivity contribution in [1.82, 2.24) is 0 Å². The minimum absolute atomic E-state index is 0. The van der Waals surface area contributed by atoms with Gasteiger partial charge in [0.1, 0.15) is 0 Å². The van der Waals surface area contributed by atoms with Gasteiger partial charge < -0.3 is 0 Å². The van der Waals surface area contributed by atoms with E-state index in [2.05, 4.69) is 5.04 Å². The van der Waals surface area contributed by atoms with Crippen molar-refractivity contribution in [2.45, 2.75) is 0 Å². The molecule has 3 nitrogen and oxygen atoms in total. The van der Waals surface area contributed by atoms with Crippen molar-refractivity contribution >= 4 is 0 Å². The Morgan fingerprint density at radius 2 is 1.20 bits per heavy atom. The van der Waals surface area contributed by atoms with Gasteiger partial charge in [0.25, 0.3) is 0 Å². The van der Waals surface area contributed by atoms with Crippen molar-refractivity contribution in [1.29, 1.82) is 0 Å². The van der Waals surface area contributed by atoms with Crippen LogP contribution in [0.15, 0.2) is 0 Å². The Morgan fingerprint density at radius 1 is 1.20 bits per heavy atom. The van der Waals surface area contributed by atoms with Crippen molar-refractivity contribution < 1.29 is 54.4 Å². The van der Waals surface area contributed by atoms with Gasteiger partial charge in [0.05, 0.1) is 0 Å². The van der Waals surface area contributed by atoms with E-state index in [-0.39, 0.29) is 38.9 Å². The van der Waals surface area contributed by atoms with E-state index in [1.807, 2.05) is 0 Å². The molecule has 0 heterocycles. The summed E-state index contributed by atoms with van der Waals surface area (Å²) in [5.41, 5.74) is 0. The summed E-state index contributed by atoms with van der Waals surface area (Å²) in [6, 6.07) is 0. The van der Waals surface area contributed by atoms with E-state index in [0.717, 1.165) is 0 Å². The van der Waals surface area contributed by atoms with Gasteiger partial charge in [-0.3, -0.25) is 0 Å². The summed E-state index contributed by atoms with van der Waals surface area (Å²) in [6.45, 7) is 0. The smallest absolute Gasteiger partial charge is 0 e. The van der Waals surface area contributed by atoms with E-state index in [4.69, 9.17) is 10.5 Å². The van der Waals surface area contributed by atoms with Gasteiger partial charge in [-0.05, 0) is 0 Å². The molecule has 0 saturated carbocycles. The molecule has 1 radical (unpaired) electrons. The van der Waals surface area contributed by atoms with E-state index >= 15 is 0 Å². The molecule has 5 heteroatoms. The molecule has 0 bridgehead atoms. The minimum Gasteiger partial charge on any atom is -0.221 e. The summed E-state index contributed by atoms with van der Waals surface area (Å²) < 4.78 is 0. The molecular weight excluding hydrogens is 215 g/mol. The number of rotatable bonds is 0. The van der Waals surface area contributed by atoms with Crippen molar-refractivity contribution in [3.8, 4) is 0 Å². The molecule has 0 amide bonds. The Kier molecular flexibility index (Phi) is 63.9. The molecular formula is H2AgNiO3. The molecule has 0 spiro atoms. The van der Waals surface area contributed by atoms with Gasteiger partial charge in [-0.25, -0.2) is 10.5 Å². The van der Waals surface area contributed by atoms with Crippen molar-refractivity contribution in [3.05, 3.63) is 0 Å². The second-order valence-corrected chi connectivity index (χ2v) is 0.0816. The summed E-state index contributed by atoms with van der Waals surface area (Å²) in [5.74, 6) is 0. The normalized spacial score (nSPS) is 3.60. The van der Waals surface area contributed by atoms with E-state index in [1.165, 1.54) is 0 Å². The summed E-state index contributed by atoms with van der Waals surface area (Å²) in [4.78, 5) is 0. The van der Waals surface area contributed by atoms with Gasteiger partial charge in [0.2, 0.25) is 0 Å². The second kappa shape index (κ2) is 19.4. The summed E-state index contributed by atoms with van der Waals surface area (Å²) in [7, 11) is 0. The Balaban J connectivity index is -0.0000000200. The molecule has 0 aliphatic heterocycles. The fraction of sp³-hybridized carbons (Fsp3) is 0. The van der Waals surface area contributed by atoms with E-state index in [1.54, 1.807) is 0 Å². The summed E-state index contributed by atoms with van der Waals surface area (Å²) >= 11 is 0. The first kappa shape index (κ1) is 16.5. The van der Waals surface area contributed by atoms with Crippen LogP contribution < -0.4 is 0 Å². The largest absolute Gasteiger partial charge is 0.221 e. The zero-order valence-corrected chi connectivity index (χ0v) is 4.39. The fourth-order valence-corrected chi connectivity index (χ4v) is 0. The fourth-order valence-electron chi connectivity index (χ4n) is 0. The minimum atomic E-state index is 0. The maximum absolute atomic E-state index is 6.62. The van der Waals surface area contributed by atoms with Crippen molar-refractivity contribution in [3.63, 3.8) is 0 Å². The number of hydrogen-bond donors (Lipinski definition) is 2. The molecule has 0 fully saturated rings. The zero-order chi connectivity index (χ0) is 2.71. The Hall–Kier alpha value is 1.11. The van der Waals surface area contributed by atoms with Crippen molar-refractivity contribution in [2.24, 2.45) is 0 Å². The molecule has 2 N–H and O–H groups in total. The van der Waals surface area contributed by atoms with Crippen LogP contribution in [0.1, 0.15) is 0 Å². The first-order valence-corrected chi connectivity index (χ1v) is 0.365. The first-order valence-electron chi connectivity index (χ1n) is 0.365. The van der Waals surface area contributed by atoms with Gasteiger partial charge in [0.15, 0.2) is 0 Å². The maximum atomic E-state index is 6.62. The third-order valence-corrected chi connectivity index (χ3v) is 0. The molecule has 0 aliphatic rings. The molecule has 0 aromatic rings. The molecule has 0 atom stereocenters. The molecule has 0 unspecified atom stereocenters. The third kappa shape index (κ3) is 40.0. The predicted molar refractivity (Wildman–Crippen MR) is 6.34 cm³/mol. The van der Waals surface area contributed by atoms with Gasteiger partial charge in [-0.15, -0.1) is 0 Å². The van der Waals surface area contributed by atoms with Crippen LogP contribution in [0, 0.1) is 0 Å². The standard InChI is InChI=1S/Ag.Ni.H2O3/c;;1-3-2/h;;1-2H. The third-order valence-electron chi connectivity index (χ3n) is 0. The topological polar surface area (TPSA) is 49.7 Å². The van der Waals surface area contributed by atoms with Crippen LogP contribution in [-0.2, 0) is 43.9 Å². The van der Waals surface area contributed by atoms with Gasteiger partial charge in [-0.1, -0.05) is 5.04 Å². The monoisotopic (exact) mass is 215 g/mol. The van der Waals surface area contributed by atoms with Crippen LogP contribution >= 0.6 is 0 Å². The van der Waals surface area contributed by atoms with E-state index < -0.39 is 0 Å². The zero-order valence-electron chi connectivity index (χ0n) is 1.92. The molecule has 0 saturated heterocycles. The van der Waals surface area contributed by atoms with Gasteiger partial charge in [-0.2, -0.15) is 0 Å². The quantitative estimate of drug-likeness (QED) is 0.339. The van der Waals surface area contributed by atoms with E-state index in [0.29, 0.717) is 0 Å². The van der Waals surface area contributed by atoms with Crippen LogP contribution in [0.25, 0.3) is 0 Å². The maximum Gasteiger partial charge on any atom is 0 e. The van der Waals surface area contributed by atoms with Crippen molar-refractivity contribution in [2.75, 3.05) is 0 Å². The molecule has 0 aromatic heterocycles. The SMILES string of the molecule is OOO.[Ag].[Ni]. The molecule has 0 rings (SSSR count). The average molecular weight is 217 g/mol. The Morgan fingerprint density at radius 3 is 1.20 bits per heavy atom. The van der Waals surface area contributed by atoms with E-state index in [9.17, 15) is 0 Å². The Labute approximate surface area is 54.6 Å². The molecule has 0 aliphatic carbocycles. The first-order chi connectivity index (χ1) is 1.41. The predicted octanol–water partition coefficient (Wildman–Crippen LogP) is -0.0560. The molecule has 0 aromatic carbocycles. The van der Waals surface area contributed by atoms with Gasteiger partial charge in [0, 0.05) is 38.9 Å².